The predicted octanol–water partition coefficient (Wildman–Crippen LogP) is 3.01. The summed E-state index contributed by atoms with van der Waals surface area (Å²) in [7, 11) is 0. The maximum absolute atomic E-state index is 12.3. The minimum absolute atomic E-state index is 0.000610. The zero-order valence-electron chi connectivity index (χ0n) is 16.7. The van der Waals surface area contributed by atoms with Crippen molar-refractivity contribution in [1.29, 1.82) is 0 Å². The van der Waals surface area contributed by atoms with E-state index in [0.717, 1.165) is 11.1 Å². The van der Waals surface area contributed by atoms with Gasteiger partial charge in [0.15, 0.2) is 0 Å². The molecule has 0 spiro atoms. The first-order chi connectivity index (χ1) is 13.2. The van der Waals surface area contributed by atoms with E-state index in [9.17, 15) is 14.4 Å². The molecular formula is C22H27N3O3. The SMILES string of the molecule is CC(=O)N[C@H](CC(=O)NNC(=O)c1ccc(C(C)(C)C)cc1)c1ccccc1. The monoisotopic (exact) mass is 381 g/mol. The molecule has 3 amide bonds. The Labute approximate surface area is 165 Å². The van der Waals surface area contributed by atoms with Crippen molar-refractivity contribution in [2.45, 2.75) is 45.6 Å². The third kappa shape index (κ3) is 6.23. The fraction of sp³-hybridized carbons (Fsp3) is 0.318. The van der Waals surface area contributed by atoms with Gasteiger partial charge in [0.05, 0.1) is 12.5 Å². The topological polar surface area (TPSA) is 87.3 Å². The van der Waals surface area contributed by atoms with Crippen LogP contribution in [0.4, 0.5) is 0 Å². The molecule has 0 unspecified atom stereocenters. The van der Waals surface area contributed by atoms with Crippen molar-refractivity contribution in [2.24, 2.45) is 0 Å². The van der Waals surface area contributed by atoms with Gasteiger partial charge in [0.1, 0.15) is 0 Å². The van der Waals surface area contributed by atoms with Crippen molar-refractivity contribution in [3.05, 3.63) is 71.3 Å². The third-order valence-electron chi connectivity index (χ3n) is 4.30. The molecule has 0 radical (unpaired) electrons. The first-order valence-corrected chi connectivity index (χ1v) is 9.18. The van der Waals surface area contributed by atoms with Crippen LogP contribution >= 0.6 is 0 Å². The Morgan fingerprint density at radius 1 is 0.893 bits per heavy atom. The highest BCUT2D eigenvalue weighted by molar-refractivity contribution is 5.95. The molecule has 0 aromatic heterocycles. The number of hydrogen-bond donors (Lipinski definition) is 3. The minimum atomic E-state index is -0.471. The molecule has 2 rings (SSSR count). The Balaban J connectivity index is 1.94. The van der Waals surface area contributed by atoms with Crippen LogP contribution in [0.25, 0.3) is 0 Å². The third-order valence-corrected chi connectivity index (χ3v) is 4.30. The van der Waals surface area contributed by atoms with Crippen molar-refractivity contribution in [2.75, 3.05) is 0 Å². The second kappa shape index (κ2) is 9.17. The molecule has 6 heteroatoms. The maximum atomic E-state index is 12.3. The number of hydrazine groups is 1. The molecule has 2 aromatic carbocycles. The Morgan fingerprint density at radius 3 is 2.04 bits per heavy atom. The van der Waals surface area contributed by atoms with E-state index in [4.69, 9.17) is 0 Å². The van der Waals surface area contributed by atoms with Crippen molar-refractivity contribution in [1.82, 2.24) is 16.2 Å². The van der Waals surface area contributed by atoms with Crippen LogP contribution in [0.2, 0.25) is 0 Å². The lowest BCUT2D eigenvalue weighted by molar-refractivity contribution is -0.123. The number of benzene rings is 2. The lowest BCUT2D eigenvalue weighted by Gasteiger charge is -2.19. The van der Waals surface area contributed by atoms with E-state index in [0.29, 0.717) is 5.56 Å². The summed E-state index contributed by atoms with van der Waals surface area (Å²) in [6, 6.07) is 16.0. The van der Waals surface area contributed by atoms with Crippen LogP contribution in [0.3, 0.4) is 0 Å². The van der Waals surface area contributed by atoms with Crippen molar-refractivity contribution in [3.8, 4) is 0 Å². The maximum Gasteiger partial charge on any atom is 0.269 e. The first-order valence-electron chi connectivity index (χ1n) is 9.18. The summed E-state index contributed by atoms with van der Waals surface area (Å²) >= 11 is 0. The highest BCUT2D eigenvalue weighted by Gasteiger charge is 2.18. The molecule has 0 aliphatic rings. The molecule has 0 aliphatic carbocycles. The number of rotatable bonds is 5. The van der Waals surface area contributed by atoms with Gasteiger partial charge >= 0.3 is 0 Å². The van der Waals surface area contributed by atoms with E-state index in [1.165, 1.54) is 6.92 Å². The zero-order chi connectivity index (χ0) is 20.7. The molecule has 0 aliphatic heterocycles. The van der Waals surface area contributed by atoms with Gasteiger partial charge in [-0.2, -0.15) is 0 Å². The summed E-state index contributed by atoms with van der Waals surface area (Å²) < 4.78 is 0. The minimum Gasteiger partial charge on any atom is -0.349 e. The lowest BCUT2D eigenvalue weighted by atomic mass is 9.87. The van der Waals surface area contributed by atoms with Gasteiger partial charge in [-0.3, -0.25) is 25.2 Å². The van der Waals surface area contributed by atoms with Crippen LogP contribution in [0.1, 0.15) is 61.6 Å². The molecule has 3 N–H and O–H groups in total. The summed E-state index contributed by atoms with van der Waals surface area (Å²) in [6.45, 7) is 7.69. The molecule has 6 nitrogen and oxygen atoms in total. The van der Waals surface area contributed by atoms with Crippen LogP contribution in [0.5, 0.6) is 0 Å². The quantitative estimate of drug-likeness (QED) is 0.696. The Kier molecular flexibility index (Phi) is 6.93. The highest BCUT2D eigenvalue weighted by atomic mass is 16.2. The van der Waals surface area contributed by atoms with Crippen LogP contribution in [-0.4, -0.2) is 17.7 Å². The van der Waals surface area contributed by atoms with E-state index < -0.39 is 17.9 Å². The highest BCUT2D eigenvalue weighted by Crippen LogP contribution is 2.22. The lowest BCUT2D eigenvalue weighted by Crippen LogP contribution is -2.43. The average Bonchev–Trinajstić information content (AvgIpc) is 2.65. The van der Waals surface area contributed by atoms with Gasteiger partial charge in [0.25, 0.3) is 5.91 Å². The molecule has 0 bridgehead atoms. The van der Waals surface area contributed by atoms with Crippen molar-refractivity contribution >= 4 is 17.7 Å². The van der Waals surface area contributed by atoms with Crippen molar-refractivity contribution < 1.29 is 14.4 Å². The second-order valence-corrected chi connectivity index (χ2v) is 7.70. The summed E-state index contributed by atoms with van der Waals surface area (Å²) in [5, 5.41) is 2.75. The van der Waals surface area contributed by atoms with Gasteiger partial charge in [-0.1, -0.05) is 63.2 Å². The van der Waals surface area contributed by atoms with E-state index >= 15 is 0 Å². The van der Waals surface area contributed by atoms with Crippen LogP contribution in [-0.2, 0) is 15.0 Å². The first kappa shape index (κ1) is 21.2. The fourth-order valence-electron chi connectivity index (χ4n) is 2.74. The number of amides is 3. The Hall–Kier alpha value is -3.15. The van der Waals surface area contributed by atoms with Crippen LogP contribution in [0, 0.1) is 0 Å². The molecular weight excluding hydrogens is 354 g/mol. The van der Waals surface area contributed by atoms with E-state index in [1.807, 2.05) is 42.5 Å². The van der Waals surface area contributed by atoms with E-state index in [1.54, 1.807) is 12.1 Å². The number of carbonyl (C=O) groups excluding carboxylic acids is 3. The van der Waals surface area contributed by atoms with Gasteiger partial charge in [0.2, 0.25) is 11.8 Å². The van der Waals surface area contributed by atoms with E-state index in [-0.39, 0.29) is 17.7 Å². The molecule has 0 saturated heterocycles. The predicted molar refractivity (Wildman–Crippen MR) is 108 cm³/mol. The smallest absolute Gasteiger partial charge is 0.269 e. The van der Waals surface area contributed by atoms with Gasteiger partial charge in [-0.05, 0) is 28.7 Å². The number of hydrogen-bond acceptors (Lipinski definition) is 3. The largest absolute Gasteiger partial charge is 0.349 e. The Bertz CT molecular complexity index is 824. The van der Waals surface area contributed by atoms with Crippen LogP contribution < -0.4 is 16.2 Å². The van der Waals surface area contributed by atoms with Crippen LogP contribution in [0.15, 0.2) is 54.6 Å². The second-order valence-electron chi connectivity index (χ2n) is 7.70. The molecule has 148 valence electrons. The summed E-state index contributed by atoms with van der Waals surface area (Å²) in [5.74, 6) is -1.03. The molecule has 0 saturated carbocycles. The summed E-state index contributed by atoms with van der Waals surface area (Å²) in [4.78, 5) is 35.9. The van der Waals surface area contributed by atoms with E-state index in [2.05, 4.69) is 36.9 Å². The molecule has 28 heavy (non-hydrogen) atoms. The molecule has 1 atom stereocenters. The Morgan fingerprint density at radius 2 is 1.50 bits per heavy atom. The van der Waals surface area contributed by atoms with Gasteiger partial charge in [0, 0.05) is 12.5 Å². The molecule has 0 fully saturated rings. The van der Waals surface area contributed by atoms with Gasteiger partial charge in [-0.25, -0.2) is 0 Å². The normalized spacial score (nSPS) is 12.0. The fourth-order valence-corrected chi connectivity index (χ4v) is 2.74. The standard InChI is InChI=1S/C22H27N3O3/c1-15(26)23-19(16-8-6-5-7-9-16)14-20(27)24-25-21(28)17-10-12-18(13-11-17)22(2,3)4/h5-13,19H,14H2,1-4H3,(H,23,26)(H,24,27)(H,25,28)/t19-/m1/s1. The molecule has 2 aromatic rings. The molecule has 0 heterocycles. The van der Waals surface area contributed by atoms with Gasteiger partial charge in [-0.15, -0.1) is 0 Å². The summed E-state index contributed by atoms with van der Waals surface area (Å²) in [5.41, 5.74) is 7.21. The number of carbonyl (C=O) groups is 3. The average molecular weight is 381 g/mol. The van der Waals surface area contributed by atoms with Gasteiger partial charge < -0.3 is 5.32 Å². The zero-order valence-corrected chi connectivity index (χ0v) is 16.7. The number of nitrogens with one attached hydrogen (secondary N) is 3. The summed E-state index contributed by atoms with van der Waals surface area (Å²) in [6.07, 6.45) is 0.00678. The van der Waals surface area contributed by atoms with Crippen molar-refractivity contribution in [3.63, 3.8) is 0 Å².